The van der Waals surface area contributed by atoms with Crippen molar-refractivity contribution >= 4 is 113 Å². The van der Waals surface area contributed by atoms with Gasteiger partial charge in [-0.3, -0.25) is 9.59 Å². The minimum atomic E-state index is -0.849. The van der Waals surface area contributed by atoms with Gasteiger partial charge < -0.3 is 18.9 Å². The standard InChI is InChI=1S/C102H124N4O6S6/c1-5-9-13-17-21-25-29-33-37-41-65-109-79-55-47-75(48-56-79)101(76-49-57-80(58-50-76)110-66-42-38-34-30-26-22-18-14-10-6-2)85-69-87(83-63-45-73(71-107)91-93(83)105-117-103-91)113-95(85)97-89(101)99-100(115-97)90-98(116-99)96-86(70-88(114-96)84-64-46-74(72-108)92-94(84)106-118-104-92)102(90,77-51-59-81(60-52-77)111-67-43-39-35-31-27-23-19-15-11-7-3)78-53-61-82(62-54-78)112-68-44-40-36-32-28-24-20-16-12-8-4/h45-64,69-72H,5-44,65-68H2,1-4H3. The average molecular weight is 1690 g/mol. The van der Waals surface area contributed by atoms with Crippen LogP contribution in [0.3, 0.4) is 0 Å². The molecule has 2 aliphatic carbocycles. The molecule has 6 aromatic carbocycles. The monoisotopic (exact) mass is 1690 g/mol. The number of aromatic nitrogens is 4. The number of ether oxygens (including phenoxy) is 4. The molecular formula is C102H124N4O6S6. The molecule has 624 valence electrons. The Morgan fingerprint density at radius 2 is 0.525 bits per heavy atom. The van der Waals surface area contributed by atoms with Gasteiger partial charge in [0.2, 0.25) is 0 Å². The number of fused-ring (bicyclic) bond motifs is 11. The van der Waals surface area contributed by atoms with Gasteiger partial charge in [0.15, 0.2) is 12.6 Å². The molecule has 0 spiro atoms. The number of rotatable bonds is 56. The smallest absolute Gasteiger partial charge is 0.152 e. The minimum Gasteiger partial charge on any atom is -0.494 e. The molecule has 0 bridgehead atoms. The fraction of sp³-hybridized carbons (Fsp3) is 0.490. The van der Waals surface area contributed by atoms with E-state index in [0.29, 0.717) is 48.6 Å². The van der Waals surface area contributed by atoms with E-state index in [4.69, 9.17) is 36.4 Å². The summed E-state index contributed by atoms with van der Waals surface area (Å²) < 4.78 is 48.8. The number of aldehydes is 2. The first-order valence-corrected chi connectivity index (χ1v) is 50.3. The van der Waals surface area contributed by atoms with E-state index in [0.717, 1.165) is 165 Å². The topological polar surface area (TPSA) is 123 Å². The first-order chi connectivity index (χ1) is 58.4. The molecule has 10 nitrogen and oxygen atoms in total. The third-order valence-electron chi connectivity index (χ3n) is 24.9. The highest BCUT2D eigenvalue weighted by Gasteiger charge is 2.55. The molecule has 0 amide bonds. The lowest BCUT2D eigenvalue weighted by Crippen LogP contribution is -2.28. The van der Waals surface area contributed by atoms with Crippen LogP contribution in [0.15, 0.2) is 133 Å². The zero-order chi connectivity index (χ0) is 81.1. The highest BCUT2D eigenvalue weighted by molar-refractivity contribution is 7.35. The highest BCUT2D eigenvalue weighted by Crippen LogP contribution is 2.71. The second-order valence-corrected chi connectivity index (χ2v) is 38.5. The largest absolute Gasteiger partial charge is 0.494 e. The number of carbonyl (C=O) groups is 2. The van der Waals surface area contributed by atoms with Crippen LogP contribution in [0.2, 0.25) is 0 Å². The van der Waals surface area contributed by atoms with Gasteiger partial charge in [0.25, 0.3) is 0 Å². The normalized spacial score (nSPS) is 13.1. The third-order valence-corrected chi connectivity index (χ3v) is 31.1. The summed E-state index contributed by atoms with van der Waals surface area (Å²) in [6, 6.07) is 49.5. The summed E-state index contributed by atoms with van der Waals surface area (Å²) in [5, 5.41) is 0. The van der Waals surface area contributed by atoms with Crippen LogP contribution in [0.25, 0.3) is 71.9 Å². The maximum atomic E-state index is 12.7. The number of nitrogens with zero attached hydrogens (tertiary/aromatic N) is 4. The van der Waals surface area contributed by atoms with Crippen LogP contribution in [0, 0.1) is 0 Å². The number of benzene rings is 6. The molecule has 0 atom stereocenters. The van der Waals surface area contributed by atoms with Crippen LogP contribution in [0.5, 0.6) is 23.0 Å². The summed E-state index contributed by atoms with van der Waals surface area (Å²) in [6.07, 6.45) is 52.6. The second kappa shape index (κ2) is 44.4. The van der Waals surface area contributed by atoms with Crippen LogP contribution in [-0.4, -0.2) is 56.5 Å². The lowest BCUT2D eigenvalue weighted by atomic mass is 9.67. The number of hydrogen-bond acceptors (Lipinski definition) is 16. The van der Waals surface area contributed by atoms with Crippen molar-refractivity contribution < 1.29 is 28.5 Å². The summed E-state index contributed by atoms with van der Waals surface area (Å²) in [6.45, 7) is 11.9. The van der Waals surface area contributed by atoms with Gasteiger partial charge in [0.05, 0.1) is 89.6 Å². The van der Waals surface area contributed by atoms with E-state index in [1.165, 1.54) is 257 Å². The van der Waals surface area contributed by atoms with Crippen molar-refractivity contribution in [2.45, 2.75) is 295 Å². The van der Waals surface area contributed by atoms with Gasteiger partial charge in [-0.05, 0) is 132 Å². The van der Waals surface area contributed by atoms with Gasteiger partial charge in [0.1, 0.15) is 45.1 Å². The molecule has 0 unspecified atom stereocenters. The molecular weight excluding hydrogens is 1570 g/mol. The van der Waals surface area contributed by atoms with Gasteiger partial charge >= 0.3 is 0 Å². The zero-order valence-corrected chi connectivity index (χ0v) is 75.6. The van der Waals surface area contributed by atoms with Gasteiger partial charge in [-0.15, -0.1) is 45.3 Å². The van der Waals surface area contributed by atoms with E-state index in [9.17, 15) is 9.59 Å². The number of thiophene rings is 4. The SMILES string of the molecule is CCCCCCCCCCCCOc1ccc(C2(c3ccc(OCCCCCCCCCCCC)cc3)c3cc(-c4ccc(C=O)c5nsnc45)sc3-c3sc4c5c(sc4c32)-c2sc(-c3ccc(C=O)c4nsnc34)cc2C5(c2ccc(OCCCCCCCCCCCC)cc2)c2ccc(OCCCCCCCCCCCC)cc2)cc1. The lowest BCUT2D eigenvalue weighted by molar-refractivity contribution is 0.111. The van der Waals surface area contributed by atoms with Crippen LogP contribution in [-0.2, 0) is 10.8 Å². The van der Waals surface area contributed by atoms with Gasteiger partial charge in [-0.2, -0.15) is 17.5 Å². The van der Waals surface area contributed by atoms with Crippen molar-refractivity contribution in [1.82, 2.24) is 17.5 Å². The molecule has 16 heteroatoms. The molecule has 0 aliphatic heterocycles. The quantitative estimate of drug-likeness (QED) is 0.0269. The molecule has 0 fully saturated rings. The first kappa shape index (κ1) is 86.9. The fourth-order valence-electron chi connectivity index (χ4n) is 18.4. The summed E-state index contributed by atoms with van der Waals surface area (Å²) in [4.78, 5) is 32.5. The molecule has 0 radical (unpaired) electrons. The number of hydrogen-bond donors (Lipinski definition) is 0. The van der Waals surface area contributed by atoms with E-state index < -0.39 is 10.8 Å². The summed E-state index contributed by atoms with van der Waals surface area (Å²) in [7, 11) is 0. The number of carbonyl (C=O) groups excluding carboxylic acids is 2. The van der Waals surface area contributed by atoms with Crippen molar-refractivity contribution in [3.05, 3.63) is 189 Å². The second-order valence-electron chi connectivity index (χ2n) is 33.3. The molecule has 2 aliphatic rings. The Balaban J connectivity index is 0.895. The molecule has 6 heterocycles. The Labute approximate surface area is 727 Å². The zero-order valence-electron chi connectivity index (χ0n) is 70.7. The van der Waals surface area contributed by atoms with Crippen LogP contribution < -0.4 is 18.9 Å². The maximum absolute atomic E-state index is 12.7. The van der Waals surface area contributed by atoms with E-state index >= 15 is 0 Å². The summed E-state index contributed by atoms with van der Waals surface area (Å²) in [5.74, 6) is 3.49. The molecule has 0 saturated carbocycles. The lowest BCUT2D eigenvalue weighted by Gasteiger charge is -2.34. The molecule has 6 aromatic heterocycles. The van der Waals surface area contributed by atoms with Crippen molar-refractivity contribution in [2.75, 3.05) is 26.4 Å². The predicted octanol–water partition coefficient (Wildman–Crippen LogP) is 32.0. The van der Waals surface area contributed by atoms with Crippen molar-refractivity contribution in [1.29, 1.82) is 0 Å². The van der Waals surface area contributed by atoms with E-state index in [1.807, 2.05) is 57.5 Å². The Kier molecular flexibility index (Phi) is 32.7. The molecule has 14 rings (SSSR count). The van der Waals surface area contributed by atoms with Crippen molar-refractivity contribution in [3.8, 4) is 63.4 Å². The summed E-state index contributed by atoms with van der Waals surface area (Å²) >= 11 is 9.85. The van der Waals surface area contributed by atoms with Gasteiger partial charge in [-0.1, -0.05) is 320 Å². The average Bonchev–Trinajstić information content (AvgIpc) is 1.48. The van der Waals surface area contributed by atoms with E-state index in [1.54, 1.807) is 0 Å². The van der Waals surface area contributed by atoms with Crippen LogP contribution in [0.4, 0.5) is 0 Å². The summed E-state index contributed by atoms with van der Waals surface area (Å²) in [5.41, 5.74) is 13.7. The Morgan fingerprint density at radius 3 is 0.780 bits per heavy atom. The predicted molar refractivity (Wildman–Crippen MR) is 503 cm³/mol. The highest BCUT2D eigenvalue weighted by atomic mass is 32.1. The number of unbranched alkanes of at least 4 members (excludes halogenated alkanes) is 36. The fourth-order valence-corrected chi connectivity index (χ4v) is 25.4. The van der Waals surface area contributed by atoms with Gasteiger partial charge in [0, 0.05) is 43.1 Å². The Morgan fingerprint density at radius 1 is 0.280 bits per heavy atom. The van der Waals surface area contributed by atoms with Crippen LogP contribution >= 0.6 is 68.8 Å². The van der Waals surface area contributed by atoms with Crippen molar-refractivity contribution in [2.24, 2.45) is 0 Å². The minimum absolute atomic E-state index is 0.540. The van der Waals surface area contributed by atoms with E-state index in [2.05, 4.69) is 149 Å². The Hall–Kier alpha value is -7.44. The third kappa shape index (κ3) is 20.0. The first-order valence-electron chi connectivity index (χ1n) is 45.6. The van der Waals surface area contributed by atoms with Crippen molar-refractivity contribution in [3.63, 3.8) is 0 Å². The maximum Gasteiger partial charge on any atom is 0.152 e. The molecule has 0 N–H and O–H groups in total. The van der Waals surface area contributed by atoms with E-state index in [-0.39, 0.29) is 0 Å². The van der Waals surface area contributed by atoms with Gasteiger partial charge in [-0.25, -0.2) is 0 Å². The molecule has 118 heavy (non-hydrogen) atoms. The van der Waals surface area contributed by atoms with Crippen LogP contribution in [0.1, 0.15) is 350 Å². The molecule has 12 aromatic rings. The molecule has 0 saturated heterocycles. The Bertz CT molecular complexity index is 4640.